The Balaban J connectivity index is 1.49. The first kappa shape index (κ1) is 20.8. The summed E-state index contributed by atoms with van der Waals surface area (Å²) in [7, 11) is 0. The average molecular weight is 442 g/mol. The Hall–Kier alpha value is -2.42. The highest BCUT2D eigenvalue weighted by Crippen LogP contribution is 2.45. The first-order chi connectivity index (χ1) is 14.2. The van der Waals surface area contributed by atoms with Gasteiger partial charge in [-0.25, -0.2) is 0 Å². The third-order valence-electron chi connectivity index (χ3n) is 5.61. The minimum Gasteiger partial charge on any atom is -0.370 e. The van der Waals surface area contributed by atoms with Crippen molar-refractivity contribution in [2.75, 3.05) is 18.0 Å². The Morgan fingerprint density at radius 1 is 1.00 bits per heavy atom. The van der Waals surface area contributed by atoms with E-state index in [0.717, 1.165) is 33.3 Å². The summed E-state index contributed by atoms with van der Waals surface area (Å²) >= 11 is 1.14. The Morgan fingerprint density at radius 2 is 1.70 bits per heavy atom. The van der Waals surface area contributed by atoms with E-state index in [1.807, 2.05) is 18.2 Å². The second kappa shape index (κ2) is 7.68. The Labute approximate surface area is 173 Å². The number of aromatic amines is 1. The first-order valence-electron chi connectivity index (χ1n) is 9.56. The van der Waals surface area contributed by atoms with Crippen LogP contribution in [0.4, 0.5) is 27.6 Å². The van der Waals surface area contributed by atoms with E-state index >= 15 is 0 Å². The van der Waals surface area contributed by atoms with Crippen molar-refractivity contribution in [3.05, 3.63) is 63.3 Å². The molecule has 0 spiro atoms. The van der Waals surface area contributed by atoms with Gasteiger partial charge in [0, 0.05) is 18.7 Å². The van der Waals surface area contributed by atoms with Crippen LogP contribution in [0, 0.1) is 5.92 Å². The number of thiazole rings is 1. The lowest BCUT2D eigenvalue weighted by molar-refractivity contribution is -0.289. The molecule has 1 N–H and O–H groups in total. The molecule has 1 aliphatic rings. The number of H-pyrrole nitrogens is 1. The topological polar surface area (TPSA) is 36.1 Å². The van der Waals surface area contributed by atoms with Crippen LogP contribution in [-0.4, -0.2) is 24.2 Å². The molecule has 0 atom stereocenters. The molecule has 4 rings (SSSR count). The van der Waals surface area contributed by atoms with Crippen molar-refractivity contribution in [3.8, 4) is 0 Å². The van der Waals surface area contributed by atoms with E-state index in [4.69, 9.17) is 0 Å². The van der Waals surface area contributed by atoms with Crippen molar-refractivity contribution in [2.45, 2.75) is 31.4 Å². The summed E-state index contributed by atoms with van der Waals surface area (Å²) < 4.78 is 67.4. The lowest BCUT2D eigenvalue weighted by Gasteiger charge is -2.34. The molecule has 2 heterocycles. The van der Waals surface area contributed by atoms with Gasteiger partial charge in [0.05, 0.1) is 15.9 Å². The molecule has 1 aromatic heterocycles. The van der Waals surface area contributed by atoms with Crippen LogP contribution in [0.1, 0.15) is 24.0 Å². The number of rotatable bonds is 4. The molecule has 2 aromatic carbocycles. The Morgan fingerprint density at radius 3 is 2.40 bits per heavy atom. The molecule has 9 heteroatoms. The highest BCUT2D eigenvalue weighted by Gasteiger charge is 2.59. The molecule has 0 amide bonds. The summed E-state index contributed by atoms with van der Waals surface area (Å²) in [5.74, 6) is -4.86. The van der Waals surface area contributed by atoms with Gasteiger partial charge in [0.15, 0.2) is 0 Å². The average Bonchev–Trinajstić information content (AvgIpc) is 3.08. The van der Waals surface area contributed by atoms with E-state index in [0.29, 0.717) is 25.9 Å². The summed E-state index contributed by atoms with van der Waals surface area (Å²) in [6.07, 6.45) is -4.12. The largest absolute Gasteiger partial charge is 0.458 e. The monoisotopic (exact) mass is 442 g/mol. The van der Waals surface area contributed by atoms with Crippen molar-refractivity contribution in [3.63, 3.8) is 0 Å². The number of anilines is 1. The highest BCUT2D eigenvalue weighted by atomic mass is 32.1. The number of nitrogens with one attached hydrogen (secondary N) is 1. The van der Waals surface area contributed by atoms with Crippen LogP contribution in [-0.2, 0) is 12.3 Å². The lowest BCUT2D eigenvalue weighted by atomic mass is 9.87. The van der Waals surface area contributed by atoms with Crippen LogP contribution in [0.5, 0.6) is 0 Å². The maximum atomic E-state index is 14.0. The number of aromatic nitrogens is 1. The van der Waals surface area contributed by atoms with Crippen LogP contribution in [0.15, 0.2) is 47.3 Å². The number of hydrogen-bond acceptors (Lipinski definition) is 3. The Bertz CT molecular complexity index is 1100. The molecule has 1 aliphatic heterocycles. The van der Waals surface area contributed by atoms with Gasteiger partial charge < -0.3 is 9.88 Å². The van der Waals surface area contributed by atoms with Gasteiger partial charge in [-0.15, -0.1) is 0 Å². The molecule has 0 aliphatic carbocycles. The molecule has 0 bridgehead atoms. The third-order valence-corrected chi connectivity index (χ3v) is 6.46. The third kappa shape index (κ3) is 3.82. The number of benzene rings is 2. The number of hydrogen-bond donors (Lipinski definition) is 1. The van der Waals surface area contributed by atoms with Crippen LogP contribution in [0.3, 0.4) is 0 Å². The lowest BCUT2D eigenvalue weighted by Crippen LogP contribution is -2.36. The van der Waals surface area contributed by atoms with Crippen molar-refractivity contribution in [2.24, 2.45) is 5.92 Å². The van der Waals surface area contributed by atoms with E-state index in [-0.39, 0.29) is 22.8 Å². The molecule has 3 aromatic rings. The normalized spacial score (nSPS) is 16.4. The fourth-order valence-corrected chi connectivity index (χ4v) is 4.82. The van der Waals surface area contributed by atoms with E-state index in [9.17, 15) is 26.7 Å². The molecule has 0 radical (unpaired) electrons. The molecular weight excluding hydrogens is 423 g/mol. The number of fused-ring (bicyclic) bond motifs is 1. The van der Waals surface area contributed by atoms with Gasteiger partial charge in [0.1, 0.15) is 0 Å². The minimum absolute atomic E-state index is 0.00663. The second-order valence-corrected chi connectivity index (χ2v) is 8.54. The van der Waals surface area contributed by atoms with Gasteiger partial charge in [0.25, 0.3) is 0 Å². The van der Waals surface area contributed by atoms with Crippen molar-refractivity contribution < 1.29 is 22.0 Å². The maximum Gasteiger partial charge on any atom is 0.458 e. The van der Waals surface area contributed by atoms with E-state index in [1.165, 1.54) is 18.2 Å². The van der Waals surface area contributed by atoms with Crippen LogP contribution in [0.25, 0.3) is 10.2 Å². The molecule has 0 unspecified atom stereocenters. The summed E-state index contributed by atoms with van der Waals surface area (Å²) in [6, 6.07) is 10.6. The molecule has 1 saturated heterocycles. The van der Waals surface area contributed by atoms with E-state index < -0.39 is 17.7 Å². The smallest absolute Gasteiger partial charge is 0.370 e. The molecule has 3 nitrogen and oxygen atoms in total. The molecule has 30 heavy (non-hydrogen) atoms. The number of halogens is 5. The first-order valence-corrected chi connectivity index (χ1v) is 10.4. The standard InChI is InChI=1S/C21H19F5N2OS/c22-20(23,21(24,25)26)15-5-2-1-4-14(15)12-13-8-10-28(11-9-13)16-6-3-7-17-18(16)27-19(29)30-17/h1-7,13H,8-12H2,(H,27,29). The summed E-state index contributed by atoms with van der Waals surface area (Å²) in [5.41, 5.74) is 0.775. The fourth-order valence-electron chi connectivity index (χ4n) is 4.07. The Kier molecular flexibility index (Phi) is 5.34. The quantitative estimate of drug-likeness (QED) is 0.526. The summed E-state index contributed by atoms with van der Waals surface area (Å²) in [4.78, 5) is 16.5. The van der Waals surface area contributed by atoms with Crippen molar-refractivity contribution >= 4 is 27.2 Å². The summed E-state index contributed by atoms with van der Waals surface area (Å²) in [6.45, 7) is 1.28. The van der Waals surface area contributed by atoms with Crippen LogP contribution < -0.4 is 9.77 Å². The zero-order chi connectivity index (χ0) is 21.5. The zero-order valence-corrected chi connectivity index (χ0v) is 16.6. The van der Waals surface area contributed by atoms with Gasteiger partial charge in [-0.2, -0.15) is 22.0 Å². The second-order valence-electron chi connectivity index (χ2n) is 7.53. The maximum absolute atomic E-state index is 14.0. The number of piperidine rings is 1. The molecule has 0 saturated carbocycles. The minimum atomic E-state index is -5.62. The number of para-hydroxylation sites is 1. The van der Waals surface area contributed by atoms with Gasteiger partial charge in [-0.3, -0.25) is 4.79 Å². The SMILES string of the molecule is O=c1[nH]c2c(N3CCC(Cc4ccccc4C(F)(F)C(F)(F)F)CC3)cccc2s1. The van der Waals surface area contributed by atoms with Gasteiger partial charge in [-0.05, 0) is 42.9 Å². The van der Waals surface area contributed by atoms with Crippen LogP contribution >= 0.6 is 11.3 Å². The number of nitrogens with zero attached hydrogens (tertiary/aromatic N) is 1. The predicted octanol–water partition coefficient (Wildman–Crippen LogP) is 5.70. The van der Waals surface area contributed by atoms with E-state index in [2.05, 4.69) is 9.88 Å². The zero-order valence-electron chi connectivity index (χ0n) is 15.8. The fraction of sp³-hybridized carbons (Fsp3) is 0.381. The highest BCUT2D eigenvalue weighted by molar-refractivity contribution is 7.16. The van der Waals surface area contributed by atoms with Gasteiger partial charge in [0.2, 0.25) is 0 Å². The number of alkyl halides is 5. The van der Waals surface area contributed by atoms with E-state index in [1.54, 1.807) is 0 Å². The van der Waals surface area contributed by atoms with Gasteiger partial charge in [-0.1, -0.05) is 41.7 Å². The van der Waals surface area contributed by atoms with Crippen LogP contribution in [0.2, 0.25) is 0 Å². The van der Waals surface area contributed by atoms with Gasteiger partial charge >= 0.3 is 17.0 Å². The predicted molar refractivity (Wildman–Crippen MR) is 107 cm³/mol. The molecule has 1 fully saturated rings. The summed E-state index contributed by atoms with van der Waals surface area (Å²) in [5, 5.41) is 0. The van der Waals surface area contributed by atoms with Crippen molar-refractivity contribution in [1.29, 1.82) is 0 Å². The molecule has 160 valence electrons. The van der Waals surface area contributed by atoms with Crippen molar-refractivity contribution in [1.82, 2.24) is 4.98 Å². The molecular formula is C21H19F5N2OS.